The van der Waals surface area contributed by atoms with Gasteiger partial charge in [0.15, 0.2) is 5.82 Å². The highest BCUT2D eigenvalue weighted by Crippen LogP contribution is 2.61. The van der Waals surface area contributed by atoms with E-state index < -0.39 is 6.17 Å². The molecular formula is C30H34FN7O. The van der Waals surface area contributed by atoms with Crippen LogP contribution in [-0.4, -0.2) is 49.4 Å². The summed E-state index contributed by atoms with van der Waals surface area (Å²) >= 11 is 0. The van der Waals surface area contributed by atoms with Gasteiger partial charge in [-0.1, -0.05) is 12.1 Å². The quantitative estimate of drug-likeness (QED) is 0.336. The molecule has 1 amide bonds. The fourth-order valence-electron chi connectivity index (χ4n) is 6.87. The number of nitrogens with zero attached hydrogens (tertiary/aromatic N) is 5. The van der Waals surface area contributed by atoms with Gasteiger partial charge in [-0.3, -0.25) is 9.78 Å². The number of alkyl halides is 1. The first-order chi connectivity index (χ1) is 19.0. The molecule has 1 aromatic carbocycles. The molecule has 1 aliphatic heterocycles. The van der Waals surface area contributed by atoms with E-state index in [0.29, 0.717) is 37.2 Å². The van der Waals surface area contributed by atoms with Gasteiger partial charge in [-0.25, -0.2) is 14.1 Å². The largest absolute Gasteiger partial charge is 0.357 e. The summed E-state index contributed by atoms with van der Waals surface area (Å²) < 4.78 is 15.8. The zero-order valence-corrected chi connectivity index (χ0v) is 22.2. The van der Waals surface area contributed by atoms with Crippen LogP contribution in [-0.2, 0) is 17.9 Å². The van der Waals surface area contributed by atoms with E-state index in [0.717, 1.165) is 66.8 Å². The molecule has 202 valence electrons. The van der Waals surface area contributed by atoms with E-state index in [1.807, 2.05) is 15.6 Å². The smallest absolute Gasteiger partial charge is 0.227 e. The molecule has 1 saturated heterocycles. The van der Waals surface area contributed by atoms with Crippen LogP contribution in [0.15, 0.2) is 49.1 Å². The number of rotatable bonds is 8. The van der Waals surface area contributed by atoms with Crippen molar-refractivity contribution in [2.45, 2.75) is 70.8 Å². The molecule has 4 fully saturated rings. The number of aromatic nitrogens is 5. The molecule has 8 nitrogen and oxygen atoms in total. The number of hydrogen-bond donors (Lipinski definition) is 2. The number of hydrogen-bond acceptors (Lipinski definition) is 5. The van der Waals surface area contributed by atoms with Crippen molar-refractivity contribution in [3.8, 4) is 11.4 Å². The number of aromatic amines is 1. The van der Waals surface area contributed by atoms with E-state index in [1.54, 1.807) is 18.7 Å². The summed E-state index contributed by atoms with van der Waals surface area (Å²) in [5.74, 6) is 1.04. The maximum absolute atomic E-state index is 14.0. The number of anilines is 1. The minimum Gasteiger partial charge on any atom is -0.357 e. The molecule has 0 spiro atoms. The average Bonchev–Trinajstić information content (AvgIpc) is 3.69. The van der Waals surface area contributed by atoms with Crippen molar-refractivity contribution in [3.63, 3.8) is 0 Å². The molecule has 8 rings (SSSR count). The first-order valence-electron chi connectivity index (χ1n) is 14.1. The third kappa shape index (κ3) is 4.52. The van der Waals surface area contributed by atoms with Crippen molar-refractivity contribution in [1.29, 1.82) is 0 Å². The lowest BCUT2D eigenvalue weighted by Gasteiger charge is -2.43. The number of halogens is 1. The van der Waals surface area contributed by atoms with Crippen LogP contribution >= 0.6 is 0 Å². The highest BCUT2D eigenvalue weighted by atomic mass is 19.1. The highest BCUT2D eigenvalue weighted by Gasteiger charge is 2.58. The highest BCUT2D eigenvalue weighted by molar-refractivity contribution is 5.94. The van der Waals surface area contributed by atoms with Crippen molar-refractivity contribution in [3.05, 3.63) is 60.3 Å². The van der Waals surface area contributed by atoms with Gasteiger partial charge in [0.1, 0.15) is 12.5 Å². The number of piperidine rings is 1. The summed E-state index contributed by atoms with van der Waals surface area (Å²) in [4.78, 5) is 26.6. The van der Waals surface area contributed by atoms with Gasteiger partial charge < -0.3 is 15.2 Å². The van der Waals surface area contributed by atoms with Crippen molar-refractivity contribution < 1.29 is 9.18 Å². The Hall–Kier alpha value is -3.59. The van der Waals surface area contributed by atoms with Gasteiger partial charge in [0.2, 0.25) is 5.91 Å². The van der Waals surface area contributed by atoms with Crippen LogP contribution < -0.4 is 10.2 Å². The van der Waals surface area contributed by atoms with Crippen molar-refractivity contribution in [2.75, 3.05) is 11.4 Å². The summed E-state index contributed by atoms with van der Waals surface area (Å²) in [6.45, 7) is 4.28. The Kier molecular flexibility index (Phi) is 5.99. The van der Waals surface area contributed by atoms with E-state index in [-0.39, 0.29) is 11.3 Å². The Morgan fingerprint density at radius 2 is 2.08 bits per heavy atom. The van der Waals surface area contributed by atoms with Gasteiger partial charge in [-0.05, 0) is 79.5 Å². The van der Waals surface area contributed by atoms with Gasteiger partial charge in [0.05, 0.1) is 18.4 Å². The molecule has 2 atom stereocenters. The Morgan fingerprint density at radius 3 is 2.90 bits per heavy atom. The molecule has 3 aromatic heterocycles. The van der Waals surface area contributed by atoms with Crippen LogP contribution in [0.25, 0.3) is 22.3 Å². The third-order valence-electron chi connectivity index (χ3n) is 9.21. The number of fused-ring (bicyclic) bond motifs is 2. The minimum atomic E-state index is -0.603. The van der Waals surface area contributed by atoms with Crippen molar-refractivity contribution in [1.82, 2.24) is 30.0 Å². The second kappa shape index (κ2) is 9.55. The number of pyridine rings is 1. The van der Waals surface area contributed by atoms with E-state index >= 15 is 0 Å². The van der Waals surface area contributed by atoms with Gasteiger partial charge >= 0.3 is 0 Å². The van der Waals surface area contributed by atoms with E-state index in [4.69, 9.17) is 0 Å². The maximum Gasteiger partial charge on any atom is 0.227 e. The first kappa shape index (κ1) is 24.5. The van der Waals surface area contributed by atoms with Crippen LogP contribution in [0.3, 0.4) is 0 Å². The normalized spacial score (nSPS) is 25.3. The monoisotopic (exact) mass is 527 g/mol. The Bertz CT molecular complexity index is 1520. The molecule has 2 bridgehead atoms. The minimum absolute atomic E-state index is 0.145. The van der Waals surface area contributed by atoms with Crippen LogP contribution in [0.4, 0.5) is 10.1 Å². The fraction of sp³-hybridized carbons (Fsp3) is 0.467. The van der Waals surface area contributed by atoms with Crippen molar-refractivity contribution >= 4 is 22.5 Å². The summed E-state index contributed by atoms with van der Waals surface area (Å²) in [6, 6.07) is 10.9. The van der Waals surface area contributed by atoms with Gasteiger partial charge in [0.25, 0.3) is 0 Å². The molecule has 9 heteroatoms. The zero-order chi connectivity index (χ0) is 26.6. The molecule has 4 aromatic rings. The van der Waals surface area contributed by atoms with Crippen LogP contribution in [0.2, 0.25) is 0 Å². The number of benzene rings is 1. The van der Waals surface area contributed by atoms with Gasteiger partial charge in [-0.15, -0.1) is 0 Å². The van der Waals surface area contributed by atoms with Crippen LogP contribution in [0.1, 0.15) is 56.7 Å². The molecule has 2 N–H and O–H groups in total. The molecule has 0 radical (unpaired) electrons. The lowest BCUT2D eigenvalue weighted by atomic mass is 9.65. The molecule has 3 saturated carbocycles. The van der Waals surface area contributed by atoms with Crippen LogP contribution in [0.5, 0.6) is 0 Å². The SMILES string of the molecule is CC(NCc1cc2ccc(Cn3cnc(-c4cncc(N5CCCCC5=O)c4)n3)cc2[nH]1)C12CC(C1)[C@@H](F)C2. The Labute approximate surface area is 227 Å². The molecule has 39 heavy (non-hydrogen) atoms. The van der Waals surface area contributed by atoms with E-state index in [1.165, 1.54) is 5.39 Å². The number of nitrogens with one attached hydrogen (secondary N) is 2. The number of H-pyrrole nitrogens is 1. The predicted molar refractivity (Wildman–Crippen MR) is 148 cm³/mol. The van der Waals surface area contributed by atoms with Crippen molar-refractivity contribution in [2.24, 2.45) is 11.3 Å². The number of carbonyl (C=O) groups excluding carboxylic acids is 1. The molecule has 4 heterocycles. The molecule has 3 aliphatic carbocycles. The van der Waals surface area contributed by atoms with Gasteiger partial charge in [-0.2, -0.15) is 5.10 Å². The average molecular weight is 528 g/mol. The summed E-state index contributed by atoms with van der Waals surface area (Å²) in [7, 11) is 0. The number of amides is 1. The predicted octanol–water partition coefficient (Wildman–Crippen LogP) is 5.00. The lowest BCUT2D eigenvalue weighted by Crippen LogP contribution is -2.46. The second-order valence-corrected chi connectivity index (χ2v) is 11.8. The lowest BCUT2D eigenvalue weighted by molar-refractivity contribution is -0.119. The summed E-state index contributed by atoms with van der Waals surface area (Å²) in [5, 5.41) is 9.51. The fourth-order valence-corrected chi connectivity index (χ4v) is 6.87. The molecular weight excluding hydrogens is 493 g/mol. The zero-order valence-electron chi connectivity index (χ0n) is 22.2. The Balaban J connectivity index is 1.01. The maximum atomic E-state index is 14.0. The molecule has 1 unspecified atom stereocenters. The van der Waals surface area contributed by atoms with Gasteiger partial charge in [0, 0.05) is 48.5 Å². The van der Waals surface area contributed by atoms with E-state index in [9.17, 15) is 9.18 Å². The number of carbonyl (C=O) groups is 1. The first-order valence-corrected chi connectivity index (χ1v) is 14.1. The van der Waals surface area contributed by atoms with Crippen LogP contribution in [0, 0.1) is 11.3 Å². The summed E-state index contributed by atoms with van der Waals surface area (Å²) in [6.07, 6.45) is 9.92. The topological polar surface area (TPSA) is 91.7 Å². The summed E-state index contributed by atoms with van der Waals surface area (Å²) in [5.41, 5.74) is 5.11. The standard InChI is InChI=1S/C30H34FN7O/c1-19(30-11-23(12-30)26(31)13-30)33-15-24-9-21-6-5-20(8-27(21)35-24)17-37-18-34-29(36-37)22-10-25(16-32-14-22)38-7-3-2-4-28(38)39/h5-6,8-10,14,16,18-19,23,26,33,35H,2-4,7,11-13,15,17H2,1H3/t19?,23?,26-,30?/m0/s1. The molecule has 4 aliphatic rings. The van der Waals surface area contributed by atoms with E-state index in [2.05, 4.69) is 56.6 Å². The second-order valence-electron chi connectivity index (χ2n) is 11.8. The Morgan fingerprint density at radius 1 is 1.18 bits per heavy atom. The third-order valence-corrected chi connectivity index (χ3v) is 9.21.